The molecule has 4 rings (SSSR count). The number of hydrogen-bond donors (Lipinski definition) is 0. The van der Waals surface area contributed by atoms with Gasteiger partial charge >= 0.3 is 6.18 Å². The number of amides is 1. The molecule has 1 fully saturated rings. The number of nitrogens with zero attached hydrogens (tertiary/aromatic N) is 3. The third-order valence-electron chi connectivity index (χ3n) is 5.26. The van der Waals surface area contributed by atoms with Gasteiger partial charge in [-0.1, -0.05) is 30.3 Å². The summed E-state index contributed by atoms with van der Waals surface area (Å²) in [7, 11) is 0. The molecule has 1 aromatic carbocycles. The molecule has 1 aliphatic rings. The fourth-order valence-electron chi connectivity index (χ4n) is 3.62. The van der Waals surface area contributed by atoms with Crippen LogP contribution >= 0.6 is 11.3 Å². The second-order valence-electron chi connectivity index (χ2n) is 7.32. The Morgan fingerprint density at radius 1 is 1.10 bits per heavy atom. The second kappa shape index (κ2) is 8.55. The van der Waals surface area contributed by atoms with Gasteiger partial charge in [-0.2, -0.15) is 24.5 Å². The highest BCUT2D eigenvalue weighted by Crippen LogP contribution is 2.34. The fraction of sp³-hybridized carbons (Fsp3) is 0.318. The Bertz CT molecular complexity index is 998. The van der Waals surface area contributed by atoms with Gasteiger partial charge in [0.25, 0.3) is 0 Å². The summed E-state index contributed by atoms with van der Waals surface area (Å²) in [6.45, 7) is 0.980. The normalized spacial score (nSPS) is 15.4. The molecule has 3 aromatic rings. The predicted molar refractivity (Wildman–Crippen MR) is 109 cm³/mol. The van der Waals surface area contributed by atoms with Crippen LogP contribution in [0.15, 0.2) is 53.2 Å². The molecule has 4 nitrogen and oxygen atoms in total. The van der Waals surface area contributed by atoms with Crippen molar-refractivity contribution in [3.8, 4) is 11.3 Å². The van der Waals surface area contributed by atoms with E-state index in [1.807, 2.05) is 30.3 Å². The van der Waals surface area contributed by atoms with E-state index in [2.05, 4.69) is 9.97 Å². The van der Waals surface area contributed by atoms with E-state index >= 15 is 0 Å². The summed E-state index contributed by atoms with van der Waals surface area (Å²) in [5.41, 5.74) is 0.975. The van der Waals surface area contributed by atoms with Crippen LogP contribution in [-0.4, -0.2) is 33.9 Å². The van der Waals surface area contributed by atoms with Gasteiger partial charge in [0.2, 0.25) is 5.91 Å². The maximum Gasteiger partial charge on any atom is 0.433 e. The molecular formula is C22H20F3N3OS. The topological polar surface area (TPSA) is 46.1 Å². The Labute approximate surface area is 176 Å². The zero-order chi connectivity index (χ0) is 21.1. The number of alkyl halides is 3. The number of rotatable bonds is 4. The van der Waals surface area contributed by atoms with E-state index in [1.165, 1.54) is 11.3 Å². The van der Waals surface area contributed by atoms with Crippen molar-refractivity contribution in [2.45, 2.75) is 31.4 Å². The van der Waals surface area contributed by atoms with Crippen LogP contribution < -0.4 is 0 Å². The van der Waals surface area contributed by atoms with Gasteiger partial charge in [0, 0.05) is 30.0 Å². The first-order chi connectivity index (χ1) is 14.4. The van der Waals surface area contributed by atoms with Crippen molar-refractivity contribution in [2.24, 2.45) is 0 Å². The number of likely N-dealkylation sites (tertiary alicyclic amines) is 1. The van der Waals surface area contributed by atoms with Gasteiger partial charge in [-0.05, 0) is 35.9 Å². The minimum atomic E-state index is -4.53. The van der Waals surface area contributed by atoms with E-state index < -0.39 is 11.9 Å². The van der Waals surface area contributed by atoms with Crippen molar-refractivity contribution < 1.29 is 18.0 Å². The van der Waals surface area contributed by atoms with Crippen LogP contribution in [0.25, 0.3) is 11.3 Å². The lowest BCUT2D eigenvalue weighted by atomic mass is 9.95. The molecule has 0 saturated carbocycles. The monoisotopic (exact) mass is 431 g/mol. The van der Waals surface area contributed by atoms with Crippen LogP contribution in [0.4, 0.5) is 13.2 Å². The first kappa shape index (κ1) is 20.5. The maximum absolute atomic E-state index is 13.4. The molecule has 0 atom stereocenters. The van der Waals surface area contributed by atoms with Crippen LogP contribution in [0.2, 0.25) is 0 Å². The maximum atomic E-state index is 13.4. The Morgan fingerprint density at radius 2 is 1.83 bits per heavy atom. The molecule has 0 radical (unpaired) electrons. The summed E-state index contributed by atoms with van der Waals surface area (Å²) >= 11 is 1.41. The average Bonchev–Trinajstić information content (AvgIpc) is 3.29. The molecule has 3 heterocycles. The Kier molecular flexibility index (Phi) is 5.85. The largest absolute Gasteiger partial charge is 0.433 e. The molecule has 30 heavy (non-hydrogen) atoms. The van der Waals surface area contributed by atoms with Crippen molar-refractivity contribution in [1.82, 2.24) is 14.9 Å². The minimum Gasteiger partial charge on any atom is -0.342 e. The summed E-state index contributed by atoms with van der Waals surface area (Å²) in [4.78, 5) is 22.6. The summed E-state index contributed by atoms with van der Waals surface area (Å²) in [6.07, 6.45) is -3.11. The standard InChI is InChI=1S/C22H20F3N3OS/c23-22(24,25)19-13-18(17-8-11-30-14-17)26-21(27-19)16-6-9-28(10-7-16)20(29)12-15-4-2-1-3-5-15/h1-5,8,11,13-14,16H,6-7,9-10,12H2. The summed E-state index contributed by atoms with van der Waals surface area (Å²) in [5, 5.41) is 3.58. The summed E-state index contributed by atoms with van der Waals surface area (Å²) < 4.78 is 40.2. The molecule has 156 valence electrons. The lowest BCUT2D eigenvalue weighted by molar-refractivity contribution is -0.141. The third kappa shape index (κ3) is 4.70. The van der Waals surface area contributed by atoms with Crippen molar-refractivity contribution in [3.63, 3.8) is 0 Å². The first-order valence-electron chi connectivity index (χ1n) is 9.70. The molecule has 0 N–H and O–H groups in total. The molecule has 1 aliphatic heterocycles. The van der Waals surface area contributed by atoms with E-state index in [1.54, 1.807) is 21.7 Å². The first-order valence-corrected chi connectivity index (χ1v) is 10.6. The number of benzene rings is 1. The van der Waals surface area contributed by atoms with E-state index in [0.717, 1.165) is 11.6 Å². The van der Waals surface area contributed by atoms with Gasteiger partial charge in [-0.3, -0.25) is 4.79 Å². The highest BCUT2D eigenvalue weighted by atomic mass is 32.1. The Morgan fingerprint density at radius 3 is 2.47 bits per heavy atom. The smallest absolute Gasteiger partial charge is 0.342 e. The molecule has 0 spiro atoms. The van der Waals surface area contributed by atoms with E-state index in [9.17, 15) is 18.0 Å². The Hall–Kier alpha value is -2.74. The molecular weight excluding hydrogens is 411 g/mol. The average molecular weight is 431 g/mol. The van der Waals surface area contributed by atoms with Gasteiger partial charge < -0.3 is 4.90 Å². The van der Waals surface area contributed by atoms with Gasteiger partial charge in [0.05, 0.1) is 12.1 Å². The molecule has 0 unspecified atom stereocenters. The van der Waals surface area contributed by atoms with E-state index in [-0.39, 0.29) is 23.3 Å². The second-order valence-corrected chi connectivity index (χ2v) is 8.10. The van der Waals surface area contributed by atoms with Gasteiger partial charge in [-0.15, -0.1) is 0 Å². The van der Waals surface area contributed by atoms with Gasteiger partial charge in [-0.25, -0.2) is 9.97 Å². The zero-order valence-corrected chi connectivity index (χ0v) is 16.9. The number of thiophene rings is 1. The number of carbonyl (C=O) groups is 1. The van der Waals surface area contributed by atoms with Crippen molar-refractivity contribution in [1.29, 1.82) is 0 Å². The predicted octanol–water partition coefficient (Wildman–Crippen LogP) is 5.17. The van der Waals surface area contributed by atoms with E-state index in [4.69, 9.17) is 0 Å². The van der Waals surface area contributed by atoms with Gasteiger partial charge in [0.1, 0.15) is 11.5 Å². The lowest BCUT2D eigenvalue weighted by Gasteiger charge is -2.31. The lowest BCUT2D eigenvalue weighted by Crippen LogP contribution is -2.39. The quantitative estimate of drug-likeness (QED) is 0.572. The molecule has 0 aliphatic carbocycles. The fourth-order valence-corrected chi connectivity index (χ4v) is 4.27. The van der Waals surface area contributed by atoms with Gasteiger partial charge in [0.15, 0.2) is 0 Å². The molecule has 8 heteroatoms. The van der Waals surface area contributed by atoms with Crippen LogP contribution in [0.3, 0.4) is 0 Å². The van der Waals surface area contributed by atoms with Crippen LogP contribution in [0.1, 0.15) is 35.8 Å². The highest BCUT2D eigenvalue weighted by molar-refractivity contribution is 7.08. The summed E-state index contributed by atoms with van der Waals surface area (Å²) in [6, 6.07) is 12.3. The Balaban J connectivity index is 1.49. The minimum absolute atomic E-state index is 0.0311. The van der Waals surface area contributed by atoms with Crippen molar-refractivity contribution >= 4 is 17.2 Å². The highest BCUT2D eigenvalue weighted by Gasteiger charge is 2.35. The SMILES string of the molecule is O=C(Cc1ccccc1)N1CCC(c2nc(-c3ccsc3)cc(C(F)(F)F)n2)CC1. The van der Waals surface area contributed by atoms with Crippen LogP contribution in [0.5, 0.6) is 0 Å². The van der Waals surface area contributed by atoms with Crippen molar-refractivity contribution in [2.75, 3.05) is 13.1 Å². The molecule has 1 saturated heterocycles. The number of aromatic nitrogens is 2. The summed E-state index contributed by atoms with van der Waals surface area (Å²) in [5.74, 6) is 0.0372. The molecule has 1 amide bonds. The van der Waals surface area contributed by atoms with Crippen LogP contribution in [-0.2, 0) is 17.4 Å². The number of halogens is 3. The number of piperidine rings is 1. The number of hydrogen-bond acceptors (Lipinski definition) is 4. The third-order valence-corrected chi connectivity index (χ3v) is 5.95. The molecule has 2 aromatic heterocycles. The molecule has 0 bridgehead atoms. The van der Waals surface area contributed by atoms with Crippen molar-refractivity contribution in [3.05, 3.63) is 70.3 Å². The number of carbonyl (C=O) groups excluding carboxylic acids is 1. The van der Waals surface area contributed by atoms with Crippen LogP contribution in [0, 0.1) is 0 Å². The van der Waals surface area contributed by atoms with E-state index in [0.29, 0.717) is 37.9 Å². The zero-order valence-electron chi connectivity index (χ0n) is 16.1.